The summed E-state index contributed by atoms with van der Waals surface area (Å²) in [5.41, 5.74) is 6.87. The lowest BCUT2D eigenvalue weighted by Crippen LogP contribution is -2.36. The number of benzene rings is 2. The van der Waals surface area contributed by atoms with Gasteiger partial charge in [0.2, 0.25) is 0 Å². The number of nitrogens with one attached hydrogen (secondary N) is 2. The third-order valence-electron chi connectivity index (χ3n) is 5.37. The van der Waals surface area contributed by atoms with Crippen LogP contribution in [0.2, 0.25) is 5.02 Å². The number of thiocarbonyl (C=S) groups is 1. The smallest absolute Gasteiger partial charge is 0.173 e. The summed E-state index contributed by atoms with van der Waals surface area (Å²) in [7, 11) is 0. The Balaban J connectivity index is 1.55. The maximum atomic E-state index is 6.02. The third-order valence-corrected chi connectivity index (χ3v) is 5.98. The van der Waals surface area contributed by atoms with Gasteiger partial charge in [-0.1, -0.05) is 29.3 Å². The number of aromatic amines is 1. The quantitative estimate of drug-likeness (QED) is 0.341. The topological polar surface area (TPSA) is 44.0 Å². The van der Waals surface area contributed by atoms with Gasteiger partial charge in [-0.2, -0.15) is 0 Å². The molecule has 0 aliphatic heterocycles. The van der Waals surface area contributed by atoms with Crippen molar-refractivity contribution in [2.45, 2.75) is 26.8 Å². The predicted octanol–water partition coefficient (Wildman–Crippen LogP) is 6.27. The first-order chi connectivity index (χ1) is 15.0. The first kappa shape index (κ1) is 21.3. The second-order valence-corrected chi connectivity index (χ2v) is 8.53. The first-order valence-corrected chi connectivity index (χ1v) is 11.1. The van der Waals surface area contributed by atoms with Gasteiger partial charge in [0.05, 0.1) is 12.2 Å². The van der Waals surface area contributed by atoms with Crippen molar-refractivity contribution < 1.29 is 0 Å². The molecule has 0 spiro atoms. The van der Waals surface area contributed by atoms with Gasteiger partial charge in [-0.25, -0.2) is 0 Å². The van der Waals surface area contributed by atoms with E-state index in [2.05, 4.69) is 52.2 Å². The van der Waals surface area contributed by atoms with E-state index in [4.69, 9.17) is 23.8 Å². The molecule has 0 bridgehead atoms. The predicted molar refractivity (Wildman–Crippen MR) is 134 cm³/mol. The van der Waals surface area contributed by atoms with Crippen molar-refractivity contribution in [1.29, 1.82) is 0 Å². The normalized spacial score (nSPS) is 10.9. The number of rotatable bonds is 6. The van der Waals surface area contributed by atoms with Crippen molar-refractivity contribution in [3.05, 3.63) is 94.4 Å². The largest absolute Gasteiger partial charge is 0.358 e. The molecule has 0 unspecified atom stereocenters. The van der Waals surface area contributed by atoms with Gasteiger partial charge in [0.15, 0.2) is 5.11 Å². The molecule has 6 heteroatoms. The summed E-state index contributed by atoms with van der Waals surface area (Å²) >= 11 is 11.8. The molecule has 0 radical (unpaired) electrons. The van der Waals surface area contributed by atoms with Crippen molar-refractivity contribution in [3.63, 3.8) is 0 Å². The van der Waals surface area contributed by atoms with Gasteiger partial charge in [-0.05, 0) is 86.6 Å². The maximum absolute atomic E-state index is 6.02. The van der Waals surface area contributed by atoms with Crippen LogP contribution in [0, 0.1) is 13.8 Å². The molecule has 2 aromatic heterocycles. The van der Waals surface area contributed by atoms with E-state index >= 15 is 0 Å². The third kappa shape index (κ3) is 5.24. The van der Waals surface area contributed by atoms with Gasteiger partial charge in [0.25, 0.3) is 0 Å². The van der Waals surface area contributed by atoms with E-state index in [0.717, 1.165) is 24.3 Å². The number of hydrogen-bond acceptors (Lipinski definition) is 2. The first-order valence-electron chi connectivity index (χ1n) is 10.3. The Morgan fingerprint density at radius 2 is 1.90 bits per heavy atom. The van der Waals surface area contributed by atoms with Gasteiger partial charge in [0, 0.05) is 40.0 Å². The molecule has 4 aromatic rings. The zero-order valence-electron chi connectivity index (χ0n) is 17.7. The van der Waals surface area contributed by atoms with Gasteiger partial charge in [-0.15, -0.1) is 0 Å². The molecule has 0 aliphatic carbocycles. The van der Waals surface area contributed by atoms with Crippen LogP contribution in [0.3, 0.4) is 0 Å². The molecule has 2 N–H and O–H groups in total. The average Bonchev–Trinajstić information content (AvgIpc) is 3.07. The highest BCUT2D eigenvalue weighted by atomic mass is 35.5. The molecule has 4 rings (SSSR count). The zero-order valence-corrected chi connectivity index (χ0v) is 19.2. The molecule has 31 heavy (non-hydrogen) atoms. The minimum absolute atomic E-state index is 0.640. The molecule has 0 atom stereocenters. The Bertz CT molecular complexity index is 1190. The van der Waals surface area contributed by atoms with Crippen molar-refractivity contribution in [1.82, 2.24) is 14.9 Å². The van der Waals surface area contributed by atoms with Crippen molar-refractivity contribution in [2.24, 2.45) is 0 Å². The van der Waals surface area contributed by atoms with Crippen molar-refractivity contribution >= 4 is 45.5 Å². The van der Waals surface area contributed by atoms with Crippen LogP contribution in [0.1, 0.15) is 22.5 Å². The SMILES string of the molecule is Cc1ccc2[nH]c(C)c(CCN(Cc3ccccn3)C(=S)Nc3ccc(Cl)cc3)c2c1. The number of pyridine rings is 1. The molecule has 2 heterocycles. The van der Waals surface area contributed by atoms with Gasteiger partial charge < -0.3 is 15.2 Å². The summed E-state index contributed by atoms with van der Waals surface area (Å²) in [6.45, 7) is 5.68. The van der Waals surface area contributed by atoms with Crippen LogP contribution < -0.4 is 5.32 Å². The Kier molecular flexibility index (Phi) is 6.54. The fourth-order valence-corrected chi connectivity index (χ4v) is 4.14. The van der Waals surface area contributed by atoms with Crippen molar-refractivity contribution in [3.8, 4) is 0 Å². The van der Waals surface area contributed by atoms with Gasteiger partial charge >= 0.3 is 0 Å². The van der Waals surface area contributed by atoms with E-state index in [1.807, 2.05) is 48.7 Å². The molecule has 0 saturated carbocycles. The molecular formula is C25H25ClN4S. The Labute approximate surface area is 193 Å². The molecule has 0 aliphatic rings. The molecule has 2 aromatic carbocycles. The molecule has 0 amide bonds. The van der Waals surface area contributed by atoms with Gasteiger partial charge in [-0.3, -0.25) is 4.98 Å². The number of hydrogen-bond donors (Lipinski definition) is 2. The van der Waals surface area contributed by atoms with Gasteiger partial charge in [0.1, 0.15) is 0 Å². The van der Waals surface area contributed by atoms with Crippen LogP contribution in [0.5, 0.6) is 0 Å². The summed E-state index contributed by atoms with van der Waals surface area (Å²) in [5.74, 6) is 0. The molecule has 0 fully saturated rings. The number of anilines is 1. The minimum Gasteiger partial charge on any atom is -0.358 e. The Hall–Kier alpha value is -2.89. The number of halogens is 1. The fourth-order valence-electron chi connectivity index (χ4n) is 3.74. The minimum atomic E-state index is 0.640. The lowest BCUT2D eigenvalue weighted by atomic mass is 10.1. The highest BCUT2D eigenvalue weighted by Gasteiger charge is 2.15. The van der Waals surface area contributed by atoms with E-state index in [1.54, 1.807) is 0 Å². The summed E-state index contributed by atoms with van der Waals surface area (Å²) in [4.78, 5) is 10.2. The lowest BCUT2D eigenvalue weighted by molar-refractivity contribution is 0.417. The number of nitrogens with zero attached hydrogens (tertiary/aromatic N) is 2. The second kappa shape index (κ2) is 9.50. The highest BCUT2D eigenvalue weighted by Crippen LogP contribution is 2.24. The Morgan fingerprint density at radius 1 is 1.10 bits per heavy atom. The zero-order chi connectivity index (χ0) is 21.8. The van der Waals surface area contributed by atoms with E-state index < -0.39 is 0 Å². The summed E-state index contributed by atoms with van der Waals surface area (Å²) in [6, 6.07) is 20.1. The summed E-state index contributed by atoms with van der Waals surface area (Å²) < 4.78 is 0. The molecule has 0 saturated heterocycles. The standard InChI is InChI=1S/C25H25ClN4S/c1-17-6-11-24-23(15-17)22(18(2)28-24)12-14-30(16-21-5-3-4-13-27-21)25(31)29-20-9-7-19(26)8-10-20/h3-11,13,15,28H,12,14,16H2,1-2H3,(H,29,31). The van der Waals surface area contributed by atoms with E-state index in [9.17, 15) is 0 Å². The highest BCUT2D eigenvalue weighted by molar-refractivity contribution is 7.80. The van der Waals surface area contributed by atoms with Crippen LogP contribution in [-0.4, -0.2) is 26.5 Å². The van der Waals surface area contributed by atoms with Crippen molar-refractivity contribution in [2.75, 3.05) is 11.9 Å². The number of aromatic nitrogens is 2. The molecule has 158 valence electrons. The van der Waals surface area contributed by atoms with E-state index in [1.165, 1.54) is 27.7 Å². The van der Waals surface area contributed by atoms with Crippen LogP contribution in [0.15, 0.2) is 66.9 Å². The number of H-pyrrole nitrogens is 1. The number of fused-ring (bicyclic) bond motifs is 1. The van der Waals surface area contributed by atoms with E-state index in [0.29, 0.717) is 16.7 Å². The van der Waals surface area contributed by atoms with Crippen LogP contribution in [0.4, 0.5) is 5.69 Å². The van der Waals surface area contributed by atoms with E-state index in [-0.39, 0.29) is 0 Å². The summed E-state index contributed by atoms with van der Waals surface area (Å²) in [5, 5.41) is 6.00. The fraction of sp³-hybridized carbons (Fsp3) is 0.200. The second-order valence-electron chi connectivity index (χ2n) is 7.71. The number of aryl methyl sites for hydroxylation is 2. The Morgan fingerprint density at radius 3 is 2.65 bits per heavy atom. The lowest BCUT2D eigenvalue weighted by Gasteiger charge is -2.26. The van der Waals surface area contributed by atoms with Crippen LogP contribution >= 0.6 is 23.8 Å². The average molecular weight is 449 g/mol. The summed E-state index contributed by atoms with van der Waals surface area (Å²) in [6.07, 6.45) is 2.69. The molecule has 4 nitrogen and oxygen atoms in total. The molecular weight excluding hydrogens is 424 g/mol. The monoisotopic (exact) mass is 448 g/mol. The maximum Gasteiger partial charge on any atom is 0.173 e. The van der Waals surface area contributed by atoms with Crippen LogP contribution in [-0.2, 0) is 13.0 Å². The van der Waals surface area contributed by atoms with Crippen LogP contribution in [0.25, 0.3) is 10.9 Å².